The standard InChI is InChI=1S/C17H25NO/c1-17(2,3)16-8-6-15(7-9-16)5-4-10-18-11-13-19-14-12-18/h4-9H,10-14H2,1-3H3/b5-4+. The Bertz CT molecular complexity index is 408. The van der Waals surface area contributed by atoms with Crippen LogP contribution in [0.1, 0.15) is 31.9 Å². The molecule has 2 rings (SSSR count). The van der Waals surface area contributed by atoms with Crippen LogP contribution in [0.2, 0.25) is 0 Å². The van der Waals surface area contributed by atoms with Gasteiger partial charge in [0.25, 0.3) is 0 Å². The van der Waals surface area contributed by atoms with E-state index in [9.17, 15) is 0 Å². The van der Waals surface area contributed by atoms with Crippen molar-refractivity contribution in [3.8, 4) is 0 Å². The lowest BCUT2D eigenvalue weighted by atomic mass is 9.87. The highest BCUT2D eigenvalue weighted by molar-refractivity contribution is 5.50. The van der Waals surface area contributed by atoms with Gasteiger partial charge in [0.15, 0.2) is 0 Å². The number of ether oxygens (including phenoxy) is 1. The van der Waals surface area contributed by atoms with Crippen LogP contribution in [0.15, 0.2) is 30.3 Å². The SMILES string of the molecule is CC(C)(C)c1ccc(/C=C/CN2CCOCC2)cc1. The van der Waals surface area contributed by atoms with Gasteiger partial charge in [0, 0.05) is 19.6 Å². The average Bonchev–Trinajstić information content (AvgIpc) is 2.39. The highest BCUT2D eigenvalue weighted by Crippen LogP contribution is 2.22. The van der Waals surface area contributed by atoms with Crippen molar-refractivity contribution in [2.45, 2.75) is 26.2 Å². The van der Waals surface area contributed by atoms with Crippen LogP contribution >= 0.6 is 0 Å². The zero-order valence-electron chi connectivity index (χ0n) is 12.4. The predicted octanol–water partition coefficient (Wildman–Crippen LogP) is 3.33. The smallest absolute Gasteiger partial charge is 0.0594 e. The van der Waals surface area contributed by atoms with Gasteiger partial charge in [-0.1, -0.05) is 57.2 Å². The van der Waals surface area contributed by atoms with Gasteiger partial charge < -0.3 is 4.74 Å². The molecular formula is C17H25NO. The van der Waals surface area contributed by atoms with E-state index in [0.717, 1.165) is 32.8 Å². The number of nitrogens with zero attached hydrogens (tertiary/aromatic N) is 1. The van der Waals surface area contributed by atoms with Crippen molar-refractivity contribution >= 4 is 6.08 Å². The van der Waals surface area contributed by atoms with Gasteiger partial charge in [0.05, 0.1) is 13.2 Å². The lowest BCUT2D eigenvalue weighted by Gasteiger charge is -2.25. The molecule has 1 fully saturated rings. The molecule has 0 saturated carbocycles. The van der Waals surface area contributed by atoms with Crippen molar-refractivity contribution in [3.05, 3.63) is 41.5 Å². The molecule has 0 bridgehead atoms. The van der Waals surface area contributed by atoms with Crippen molar-refractivity contribution in [3.63, 3.8) is 0 Å². The molecule has 0 atom stereocenters. The van der Waals surface area contributed by atoms with Gasteiger partial charge in [0.1, 0.15) is 0 Å². The Morgan fingerprint density at radius 3 is 2.32 bits per heavy atom. The molecule has 0 amide bonds. The van der Waals surface area contributed by atoms with Crippen LogP contribution in [0, 0.1) is 0 Å². The summed E-state index contributed by atoms with van der Waals surface area (Å²) in [4.78, 5) is 2.42. The summed E-state index contributed by atoms with van der Waals surface area (Å²) in [5.41, 5.74) is 2.90. The Balaban J connectivity index is 1.88. The lowest BCUT2D eigenvalue weighted by molar-refractivity contribution is 0.0435. The van der Waals surface area contributed by atoms with Crippen molar-refractivity contribution in [2.24, 2.45) is 0 Å². The number of hydrogen-bond donors (Lipinski definition) is 0. The third-order valence-electron chi connectivity index (χ3n) is 3.55. The Morgan fingerprint density at radius 2 is 1.74 bits per heavy atom. The molecule has 1 aliphatic heterocycles. The first-order valence-corrected chi connectivity index (χ1v) is 7.13. The van der Waals surface area contributed by atoms with E-state index in [2.05, 4.69) is 62.1 Å². The van der Waals surface area contributed by atoms with Crippen LogP contribution < -0.4 is 0 Å². The van der Waals surface area contributed by atoms with Crippen LogP contribution in [-0.4, -0.2) is 37.7 Å². The fraction of sp³-hybridized carbons (Fsp3) is 0.529. The molecule has 2 nitrogen and oxygen atoms in total. The van der Waals surface area contributed by atoms with Crippen LogP contribution in [0.3, 0.4) is 0 Å². The van der Waals surface area contributed by atoms with E-state index < -0.39 is 0 Å². The molecule has 1 aromatic carbocycles. The maximum Gasteiger partial charge on any atom is 0.0594 e. The number of morpholine rings is 1. The summed E-state index contributed by atoms with van der Waals surface area (Å²) in [6.07, 6.45) is 4.46. The fourth-order valence-electron chi connectivity index (χ4n) is 2.22. The monoisotopic (exact) mass is 259 g/mol. The Kier molecular flexibility index (Phi) is 4.78. The average molecular weight is 259 g/mol. The first-order valence-electron chi connectivity index (χ1n) is 7.13. The summed E-state index contributed by atoms with van der Waals surface area (Å²) in [5, 5.41) is 0. The van der Waals surface area contributed by atoms with Crippen molar-refractivity contribution in [1.29, 1.82) is 0 Å². The Labute approximate surface area is 117 Å². The Morgan fingerprint density at radius 1 is 1.11 bits per heavy atom. The molecule has 1 aromatic rings. The second-order valence-electron chi connectivity index (χ2n) is 6.19. The summed E-state index contributed by atoms with van der Waals surface area (Å²) in [7, 11) is 0. The molecule has 19 heavy (non-hydrogen) atoms. The van der Waals surface area contributed by atoms with Gasteiger partial charge in [-0.15, -0.1) is 0 Å². The highest BCUT2D eigenvalue weighted by Gasteiger charge is 2.12. The summed E-state index contributed by atoms with van der Waals surface area (Å²) < 4.78 is 5.34. The van der Waals surface area contributed by atoms with Crippen molar-refractivity contribution < 1.29 is 4.74 Å². The van der Waals surface area contributed by atoms with Gasteiger partial charge in [0.2, 0.25) is 0 Å². The molecule has 1 aliphatic rings. The zero-order chi connectivity index (χ0) is 13.7. The largest absolute Gasteiger partial charge is 0.379 e. The zero-order valence-corrected chi connectivity index (χ0v) is 12.4. The molecule has 0 unspecified atom stereocenters. The van der Waals surface area contributed by atoms with E-state index in [1.165, 1.54) is 11.1 Å². The Hall–Kier alpha value is -1.12. The third-order valence-corrected chi connectivity index (χ3v) is 3.55. The lowest BCUT2D eigenvalue weighted by Crippen LogP contribution is -2.36. The van der Waals surface area contributed by atoms with E-state index in [-0.39, 0.29) is 5.41 Å². The van der Waals surface area contributed by atoms with Gasteiger partial charge in [-0.2, -0.15) is 0 Å². The van der Waals surface area contributed by atoms with Crippen LogP contribution in [0.4, 0.5) is 0 Å². The number of benzene rings is 1. The van der Waals surface area contributed by atoms with Crippen LogP contribution in [-0.2, 0) is 10.2 Å². The second-order valence-corrected chi connectivity index (χ2v) is 6.19. The quantitative estimate of drug-likeness (QED) is 0.825. The maximum absolute atomic E-state index is 5.34. The van der Waals surface area contributed by atoms with Crippen LogP contribution in [0.25, 0.3) is 6.08 Å². The second kappa shape index (κ2) is 6.36. The summed E-state index contributed by atoms with van der Waals surface area (Å²) in [6.45, 7) is 11.6. The van der Waals surface area contributed by atoms with Gasteiger partial charge in [-0.25, -0.2) is 0 Å². The number of hydrogen-bond acceptors (Lipinski definition) is 2. The van der Waals surface area contributed by atoms with E-state index >= 15 is 0 Å². The molecule has 1 saturated heterocycles. The van der Waals surface area contributed by atoms with Gasteiger partial charge >= 0.3 is 0 Å². The summed E-state index contributed by atoms with van der Waals surface area (Å²) in [5.74, 6) is 0. The van der Waals surface area contributed by atoms with Gasteiger partial charge in [-0.3, -0.25) is 4.90 Å². The molecule has 1 heterocycles. The molecule has 104 valence electrons. The summed E-state index contributed by atoms with van der Waals surface area (Å²) in [6, 6.07) is 8.87. The molecule has 0 spiro atoms. The minimum absolute atomic E-state index is 0.232. The van der Waals surface area contributed by atoms with E-state index in [4.69, 9.17) is 4.74 Å². The van der Waals surface area contributed by atoms with E-state index in [1.54, 1.807) is 0 Å². The minimum Gasteiger partial charge on any atom is -0.379 e. The van der Waals surface area contributed by atoms with Crippen molar-refractivity contribution in [2.75, 3.05) is 32.8 Å². The molecule has 0 radical (unpaired) electrons. The highest BCUT2D eigenvalue weighted by atomic mass is 16.5. The van der Waals surface area contributed by atoms with Crippen molar-refractivity contribution in [1.82, 2.24) is 4.90 Å². The van der Waals surface area contributed by atoms with E-state index in [0.29, 0.717) is 0 Å². The molecule has 2 heteroatoms. The normalized spacial score (nSPS) is 18.1. The number of rotatable bonds is 3. The fourth-order valence-corrected chi connectivity index (χ4v) is 2.22. The molecular weight excluding hydrogens is 234 g/mol. The van der Waals surface area contributed by atoms with Crippen LogP contribution in [0.5, 0.6) is 0 Å². The topological polar surface area (TPSA) is 12.5 Å². The minimum atomic E-state index is 0.232. The molecule has 0 aliphatic carbocycles. The van der Waals surface area contributed by atoms with Gasteiger partial charge in [-0.05, 0) is 16.5 Å². The van der Waals surface area contributed by atoms with E-state index in [1.807, 2.05) is 0 Å². The third kappa shape index (κ3) is 4.48. The molecule has 0 N–H and O–H groups in total. The summed E-state index contributed by atoms with van der Waals surface area (Å²) >= 11 is 0. The predicted molar refractivity (Wildman–Crippen MR) is 81.4 cm³/mol. The molecule has 0 aromatic heterocycles. The first kappa shape index (κ1) is 14.3. The maximum atomic E-state index is 5.34. The first-order chi connectivity index (χ1) is 9.05.